The number of aromatic nitrogens is 1. The minimum Gasteiger partial charge on any atom is -0.461 e. The van der Waals surface area contributed by atoms with Gasteiger partial charge >= 0.3 is 0 Å². The molecule has 0 aliphatic carbocycles. The van der Waals surface area contributed by atoms with E-state index < -0.39 is 0 Å². The largest absolute Gasteiger partial charge is 0.461 e. The number of hydrogen-bond acceptors (Lipinski definition) is 3. The lowest BCUT2D eigenvalue weighted by Gasteiger charge is -1.97. The Kier molecular flexibility index (Phi) is 1.89. The Bertz CT molecular complexity index is 511. The molecule has 2 aromatic rings. The molecular weight excluding hydrogens is 180 g/mol. The van der Waals surface area contributed by atoms with Gasteiger partial charge in [0, 0.05) is 11.6 Å². The fourth-order valence-electron chi connectivity index (χ4n) is 1.30. The number of nitrogens with two attached hydrogens (primary N) is 1. The number of H-pyrrole nitrogens is 1. The van der Waals surface area contributed by atoms with Gasteiger partial charge in [0.25, 0.3) is 0 Å². The van der Waals surface area contributed by atoms with Crippen LogP contribution >= 0.6 is 0 Å². The van der Waals surface area contributed by atoms with E-state index in [2.05, 4.69) is 4.98 Å². The van der Waals surface area contributed by atoms with Crippen LogP contribution in [-0.4, -0.2) is 4.98 Å². The van der Waals surface area contributed by atoms with E-state index >= 15 is 0 Å². The van der Waals surface area contributed by atoms with Gasteiger partial charge in [0.2, 0.25) is 5.56 Å². The van der Waals surface area contributed by atoms with Crippen molar-refractivity contribution < 1.29 is 4.42 Å². The van der Waals surface area contributed by atoms with Crippen molar-refractivity contribution in [2.45, 2.75) is 6.92 Å². The lowest BCUT2D eigenvalue weighted by atomic mass is 10.2. The molecule has 0 aliphatic rings. The van der Waals surface area contributed by atoms with Gasteiger partial charge in [-0.25, -0.2) is 0 Å². The third-order valence-electron chi connectivity index (χ3n) is 1.89. The molecule has 3 N–H and O–H groups in total. The summed E-state index contributed by atoms with van der Waals surface area (Å²) in [5.74, 6) is 1.79. The van der Waals surface area contributed by atoms with Gasteiger partial charge in [-0.15, -0.1) is 0 Å². The predicted octanol–water partition coefficient (Wildman–Crippen LogP) is 1.53. The maximum absolute atomic E-state index is 11.1. The number of rotatable bonds is 1. The van der Waals surface area contributed by atoms with Gasteiger partial charge in [0.05, 0.1) is 0 Å². The summed E-state index contributed by atoms with van der Waals surface area (Å²) in [4.78, 5) is 13.6. The molecule has 0 amide bonds. The first-order valence-corrected chi connectivity index (χ1v) is 4.22. The van der Waals surface area contributed by atoms with Crippen molar-refractivity contribution in [2.75, 3.05) is 5.73 Å². The van der Waals surface area contributed by atoms with E-state index in [0.717, 1.165) is 5.76 Å². The highest BCUT2D eigenvalue weighted by molar-refractivity contribution is 5.60. The molecule has 0 saturated carbocycles. The summed E-state index contributed by atoms with van der Waals surface area (Å²) in [6, 6.07) is 6.77. The minimum absolute atomic E-state index is 0.228. The fraction of sp³-hybridized carbons (Fsp3) is 0.100. The first-order valence-electron chi connectivity index (χ1n) is 4.22. The first kappa shape index (κ1) is 8.62. The second-order valence-corrected chi connectivity index (χ2v) is 3.10. The van der Waals surface area contributed by atoms with Gasteiger partial charge in [0.1, 0.15) is 17.3 Å². The average Bonchev–Trinajstić information content (AvgIpc) is 2.50. The van der Waals surface area contributed by atoms with Crippen molar-refractivity contribution in [3.8, 4) is 11.3 Å². The zero-order valence-electron chi connectivity index (χ0n) is 7.70. The van der Waals surface area contributed by atoms with Crippen LogP contribution in [-0.2, 0) is 0 Å². The molecule has 2 rings (SSSR count). The lowest BCUT2D eigenvalue weighted by Crippen LogP contribution is -2.07. The van der Waals surface area contributed by atoms with Crippen molar-refractivity contribution in [1.82, 2.24) is 4.98 Å². The molecule has 2 heterocycles. The Morgan fingerprint density at radius 2 is 2.14 bits per heavy atom. The van der Waals surface area contributed by atoms with Crippen LogP contribution in [0.3, 0.4) is 0 Å². The second kappa shape index (κ2) is 3.06. The number of furan rings is 1. The highest BCUT2D eigenvalue weighted by atomic mass is 16.3. The predicted molar refractivity (Wildman–Crippen MR) is 53.9 cm³/mol. The number of nitrogens with one attached hydrogen (secondary N) is 1. The van der Waals surface area contributed by atoms with Gasteiger partial charge in [-0.1, -0.05) is 0 Å². The highest BCUT2D eigenvalue weighted by Gasteiger charge is 2.03. The smallest absolute Gasteiger partial charge is 0.250 e. The molecule has 2 aromatic heterocycles. The van der Waals surface area contributed by atoms with Crippen molar-refractivity contribution in [1.29, 1.82) is 0 Å². The molecule has 0 bridgehead atoms. The standard InChI is InChI=1S/C10H10N2O2/c1-6-2-3-8(14-6)7-4-9(11)12-10(13)5-7/h2-5H,1H3,(H3,11,12,13). The van der Waals surface area contributed by atoms with E-state index in [1.807, 2.05) is 19.1 Å². The minimum atomic E-state index is -0.228. The normalized spacial score (nSPS) is 10.4. The van der Waals surface area contributed by atoms with Gasteiger partial charge in [-0.05, 0) is 25.1 Å². The molecule has 0 fully saturated rings. The number of anilines is 1. The molecule has 72 valence electrons. The third-order valence-corrected chi connectivity index (χ3v) is 1.89. The van der Waals surface area contributed by atoms with Crippen molar-refractivity contribution in [3.05, 3.63) is 40.4 Å². The van der Waals surface area contributed by atoms with Crippen LogP contribution in [0, 0.1) is 6.92 Å². The van der Waals surface area contributed by atoms with Crippen molar-refractivity contribution in [3.63, 3.8) is 0 Å². The summed E-state index contributed by atoms with van der Waals surface area (Å²) in [6.07, 6.45) is 0. The Hall–Kier alpha value is -1.97. The van der Waals surface area contributed by atoms with E-state index in [4.69, 9.17) is 10.2 Å². The molecule has 0 saturated heterocycles. The zero-order chi connectivity index (χ0) is 10.1. The fourth-order valence-corrected chi connectivity index (χ4v) is 1.30. The Morgan fingerprint density at radius 1 is 1.36 bits per heavy atom. The maximum Gasteiger partial charge on any atom is 0.250 e. The number of nitrogen functional groups attached to an aromatic ring is 1. The zero-order valence-corrected chi connectivity index (χ0v) is 7.70. The molecule has 0 radical (unpaired) electrons. The van der Waals surface area contributed by atoms with Gasteiger partial charge in [-0.3, -0.25) is 4.79 Å². The monoisotopic (exact) mass is 190 g/mol. The average molecular weight is 190 g/mol. The molecule has 0 unspecified atom stereocenters. The van der Waals surface area contributed by atoms with Crippen molar-refractivity contribution >= 4 is 5.82 Å². The number of aromatic amines is 1. The van der Waals surface area contributed by atoms with Crippen LogP contribution in [0.1, 0.15) is 5.76 Å². The number of aryl methyl sites for hydroxylation is 1. The van der Waals surface area contributed by atoms with Crippen LogP contribution < -0.4 is 11.3 Å². The topological polar surface area (TPSA) is 72.0 Å². The van der Waals surface area contributed by atoms with E-state index in [1.165, 1.54) is 6.07 Å². The van der Waals surface area contributed by atoms with Crippen LogP contribution in [0.5, 0.6) is 0 Å². The molecule has 4 nitrogen and oxygen atoms in total. The van der Waals surface area contributed by atoms with E-state index in [0.29, 0.717) is 17.1 Å². The molecule has 0 aromatic carbocycles. The summed E-state index contributed by atoms with van der Waals surface area (Å²) in [6.45, 7) is 1.85. The van der Waals surface area contributed by atoms with Crippen LogP contribution in [0.4, 0.5) is 5.82 Å². The Labute approximate surface area is 80.4 Å². The molecule has 0 spiro atoms. The van der Waals surface area contributed by atoms with E-state index in [-0.39, 0.29) is 5.56 Å². The Balaban J connectivity index is 2.56. The molecule has 14 heavy (non-hydrogen) atoms. The highest BCUT2D eigenvalue weighted by Crippen LogP contribution is 2.21. The Morgan fingerprint density at radius 3 is 2.71 bits per heavy atom. The van der Waals surface area contributed by atoms with E-state index in [9.17, 15) is 4.79 Å². The maximum atomic E-state index is 11.1. The molecule has 0 aliphatic heterocycles. The van der Waals surface area contributed by atoms with Crippen LogP contribution in [0.15, 0.2) is 33.5 Å². The second-order valence-electron chi connectivity index (χ2n) is 3.10. The van der Waals surface area contributed by atoms with Gasteiger partial charge in [-0.2, -0.15) is 0 Å². The summed E-state index contributed by atoms with van der Waals surface area (Å²) >= 11 is 0. The number of pyridine rings is 1. The van der Waals surface area contributed by atoms with Crippen LogP contribution in [0.2, 0.25) is 0 Å². The third kappa shape index (κ3) is 1.54. The number of hydrogen-bond donors (Lipinski definition) is 2. The van der Waals surface area contributed by atoms with E-state index in [1.54, 1.807) is 6.07 Å². The van der Waals surface area contributed by atoms with Gasteiger partial charge < -0.3 is 15.1 Å². The lowest BCUT2D eigenvalue weighted by molar-refractivity contribution is 0.548. The molecular formula is C10H10N2O2. The summed E-state index contributed by atoms with van der Waals surface area (Å²) in [5.41, 5.74) is 5.97. The van der Waals surface area contributed by atoms with Gasteiger partial charge in [0.15, 0.2) is 0 Å². The molecule has 4 heteroatoms. The first-order chi connectivity index (χ1) is 6.65. The summed E-state index contributed by atoms with van der Waals surface area (Å²) in [5, 5.41) is 0. The molecule has 0 atom stereocenters. The SMILES string of the molecule is Cc1ccc(-c2cc(N)[nH]c(=O)c2)o1. The summed E-state index contributed by atoms with van der Waals surface area (Å²) in [7, 11) is 0. The quantitative estimate of drug-likeness (QED) is 0.716. The summed E-state index contributed by atoms with van der Waals surface area (Å²) < 4.78 is 5.37. The van der Waals surface area contributed by atoms with Crippen LogP contribution in [0.25, 0.3) is 11.3 Å². The van der Waals surface area contributed by atoms with Crippen molar-refractivity contribution in [2.24, 2.45) is 0 Å².